The van der Waals surface area contributed by atoms with Crippen molar-refractivity contribution < 1.29 is 44.8 Å². The van der Waals surface area contributed by atoms with Crippen LogP contribution in [0.4, 0.5) is 0 Å². The molecule has 21 heavy (non-hydrogen) atoms. The molecule has 7 atom stereocenters. The molecule has 0 spiro atoms. The summed E-state index contributed by atoms with van der Waals surface area (Å²) in [6, 6.07) is 0. The molecule has 2 N–H and O–H groups in total. The van der Waals surface area contributed by atoms with Gasteiger partial charge in [-0.15, -0.1) is 0 Å². The molecule has 1 heterocycles. The van der Waals surface area contributed by atoms with Crippen LogP contribution in [-0.4, -0.2) is 77.3 Å². The lowest BCUT2D eigenvalue weighted by Gasteiger charge is -2.40. The van der Waals surface area contributed by atoms with Crippen molar-refractivity contribution in [2.45, 2.75) is 30.7 Å². The summed E-state index contributed by atoms with van der Waals surface area (Å²) in [6.45, 7) is -0.321. The summed E-state index contributed by atoms with van der Waals surface area (Å²) in [6.07, 6.45) is -6.33. The Bertz CT molecular complexity index is 362. The second-order valence-corrected chi connectivity index (χ2v) is 5.76. The molecular formula is C9H18O10S2. The van der Waals surface area contributed by atoms with Gasteiger partial charge >= 0.3 is 22.7 Å². The van der Waals surface area contributed by atoms with Gasteiger partial charge in [-0.1, -0.05) is 0 Å². The predicted octanol–water partition coefficient (Wildman–Crippen LogP) is -2.07. The Morgan fingerprint density at radius 3 is 2.19 bits per heavy atom. The summed E-state index contributed by atoms with van der Waals surface area (Å²) >= 11 is -4.14. The number of hydrogen-bond donors (Lipinski definition) is 2. The third kappa shape index (κ3) is 5.28. The summed E-state index contributed by atoms with van der Waals surface area (Å²) < 4.78 is 50.9. The molecule has 0 aromatic carbocycles. The van der Waals surface area contributed by atoms with E-state index in [0.29, 0.717) is 0 Å². The van der Waals surface area contributed by atoms with Crippen LogP contribution in [0.5, 0.6) is 0 Å². The highest BCUT2D eigenvalue weighted by atomic mass is 32.2. The summed E-state index contributed by atoms with van der Waals surface area (Å²) in [7, 11) is 3.58. The van der Waals surface area contributed by atoms with Crippen molar-refractivity contribution in [3.8, 4) is 0 Å². The topological polar surface area (TPSA) is 130 Å². The first-order valence-corrected chi connectivity index (χ1v) is 7.71. The molecular weight excluding hydrogens is 332 g/mol. The monoisotopic (exact) mass is 350 g/mol. The minimum atomic E-state index is -2.14. The molecule has 1 fully saturated rings. The molecule has 126 valence electrons. The summed E-state index contributed by atoms with van der Waals surface area (Å²) in [5.41, 5.74) is 0. The Morgan fingerprint density at radius 2 is 1.67 bits per heavy atom. The molecule has 1 aliphatic rings. The molecule has 10 nitrogen and oxygen atoms in total. The Labute approximate surface area is 127 Å². The summed E-state index contributed by atoms with van der Waals surface area (Å²) in [4.78, 5) is 0. The maximum atomic E-state index is 11.2. The SMILES string of the molecule is CO[C@H]1O[C@@H](CO[S@@](=O)OC)[C@@H](O)[C@@H](O)[C@H]1O[S@@](=O)OC. The first-order valence-electron chi connectivity index (χ1n) is 5.71. The van der Waals surface area contributed by atoms with E-state index < -0.39 is 53.4 Å². The van der Waals surface area contributed by atoms with Gasteiger partial charge in [-0.3, -0.25) is 16.7 Å². The second kappa shape index (κ2) is 9.19. The average Bonchev–Trinajstić information content (AvgIpc) is 2.50. The van der Waals surface area contributed by atoms with E-state index in [1.54, 1.807) is 0 Å². The highest BCUT2D eigenvalue weighted by molar-refractivity contribution is 7.75. The zero-order valence-electron chi connectivity index (χ0n) is 11.6. The summed E-state index contributed by atoms with van der Waals surface area (Å²) in [5.74, 6) is 0. The van der Waals surface area contributed by atoms with Gasteiger partial charge < -0.3 is 19.7 Å². The molecule has 12 heteroatoms. The molecule has 1 aliphatic heterocycles. The predicted molar refractivity (Wildman–Crippen MR) is 68.8 cm³/mol. The molecule has 0 radical (unpaired) electrons. The van der Waals surface area contributed by atoms with Gasteiger partial charge in [0.2, 0.25) is 0 Å². The number of aliphatic hydroxyl groups is 2. The normalized spacial score (nSPS) is 36.3. The fourth-order valence-corrected chi connectivity index (χ4v) is 2.44. The third-order valence-electron chi connectivity index (χ3n) is 2.67. The lowest BCUT2D eigenvalue weighted by atomic mass is 9.99. The first kappa shape index (κ1) is 19.0. The zero-order chi connectivity index (χ0) is 16.0. The standard InChI is InChI=1S/C9H18O10S2/c1-14-9-8(19-21(13)16-3)7(11)6(10)5(18-9)4-17-20(12)15-2/h5-11H,4H2,1-3H3/t5-,6+,7+,8+,9-,20-,21-/m0/s1. The van der Waals surface area contributed by atoms with Crippen LogP contribution in [0.1, 0.15) is 0 Å². The van der Waals surface area contributed by atoms with Crippen LogP contribution in [0, 0.1) is 0 Å². The van der Waals surface area contributed by atoms with Crippen molar-refractivity contribution in [2.75, 3.05) is 27.9 Å². The highest BCUT2D eigenvalue weighted by Crippen LogP contribution is 2.25. The molecule has 0 amide bonds. The molecule has 0 unspecified atom stereocenters. The van der Waals surface area contributed by atoms with Crippen molar-refractivity contribution in [1.29, 1.82) is 0 Å². The first-order chi connectivity index (χ1) is 9.94. The Hall–Kier alpha value is -0.0200. The van der Waals surface area contributed by atoms with Crippen molar-refractivity contribution in [3.63, 3.8) is 0 Å². The number of aliphatic hydroxyl groups excluding tert-OH is 2. The van der Waals surface area contributed by atoms with E-state index in [4.69, 9.17) is 17.8 Å². The maximum absolute atomic E-state index is 11.2. The second-order valence-electron chi connectivity index (χ2n) is 3.85. The Morgan fingerprint density at radius 1 is 1.05 bits per heavy atom. The van der Waals surface area contributed by atoms with Crippen LogP contribution in [0.3, 0.4) is 0 Å². The van der Waals surface area contributed by atoms with E-state index in [1.807, 2.05) is 0 Å². The van der Waals surface area contributed by atoms with Gasteiger partial charge in [0.25, 0.3) is 0 Å². The van der Waals surface area contributed by atoms with Crippen LogP contribution >= 0.6 is 0 Å². The fourth-order valence-electron chi connectivity index (χ4n) is 1.64. The molecule has 0 aromatic heterocycles. The van der Waals surface area contributed by atoms with Gasteiger partial charge in [-0.05, 0) is 0 Å². The van der Waals surface area contributed by atoms with E-state index in [0.717, 1.165) is 7.11 Å². The van der Waals surface area contributed by atoms with Crippen LogP contribution in [0.15, 0.2) is 0 Å². The smallest absolute Gasteiger partial charge is 0.304 e. The molecule has 0 saturated carbocycles. The molecule has 1 rings (SSSR count). The van der Waals surface area contributed by atoms with E-state index >= 15 is 0 Å². The van der Waals surface area contributed by atoms with Crippen molar-refractivity contribution in [1.82, 2.24) is 0 Å². The van der Waals surface area contributed by atoms with E-state index in [2.05, 4.69) is 8.37 Å². The fraction of sp³-hybridized carbons (Fsp3) is 1.00. The number of methoxy groups -OCH3 is 1. The molecule has 0 aromatic rings. The van der Waals surface area contributed by atoms with E-state index in [1.165, 1.54) is 14.2 Å². The van der Waals surface area contributed by atoms with Crippen LogP contribution < -0.4 is 0 Å². The van der Waals surface area contributed by atoms with Gasteiger partial charge in [-0.25, -0.2) is 0 Å². The maximum Gasteiger partial charge on any atom is 0.304 e. The van der Waals surface area contributed by atoms with Gasteiger partial charge in [0, 0.05) is 7.11 Å². The van der Waals surface area contributed by atoms with Crippen LogP contribution in [0.25, 0.3) is 0 Å². The van der Waals surface area contributed by atoms with Crippen molar-refractivity contribution in [2.24, 2.45) is 0 Å². The van der Waals surface area contributed by atoms with Gasteiger partial charge in [0.05, 0.1) is 20.8 Å². The lowest BCUT2D eigenvalue weighted by Crippen LogP contribution is -2.60. The quantitative estimate of drug-likeness (QED) is 0.503. The minimum Gasteiger partial charge on any atom is -0.387 e. The van der Waals surface area contributed by atoms with Crippen LogP contribution in [-0.2, 0) is 48.9 Å². The van der Waals surface area contributed by atoms with E-state index in [9.17, 15) is 18.6 Å². The number of rotatable bonds is 8. The van der Waals surface area contributed by atoms with Gasteiger partial charge in [0.1, 0.15) is 18.3 Å². The van der Waals surface area contributed by atoms with Gasteiger partial charge in [0.15, 0.2) is 12.4 Å². The lowest BCUT2D eigenvalue weighted by molar-refractivity contribution is -0.286. The van der Waals surface area contributed by atoms with E-state index in [-0.39, 0.29) is 6.61 Å². The third-order valence-corrected chi connectivity index (χ3v) is 3.92. The summed E-state index contributed by atoms with van der Waals surface area (Å²) in [5, 5.41) is 19.9. The van der Waals surface area contributed by atoms with Crippen LogP contribution in [0.2, 0.25) is 0 Å². The molecule has 0 aliphatic carbocycles. The minimum absolute atomic E-state index is 0.321. The zero-order valence-corrected chi connectivity index (χ0v) is 13.2. The Kier molecular flexibility index (Phi) is 8.33. The molecule has 1 saturated heterocycles. The Balaban J connectivity index is 2.70. The highest BCUT2D eigenvalue weighted by Gasteiger charge is 2.47. The van der Waals surface area contributed by atoms with Crippen molar-refractivity contribution >= 4 is 22.7 Å². The molecule has 0 bridgehead atoms. The number of hydrogen-bond acceptors (Lipinski definition) is 10. The number of ether oxygens (including phenoxy) is 2. The largest absolute Gasteiger partial charge is 0.387 e. The van der Waals surface area contributed by atoms with Crippen molar-refractivity contribution in [3.05, 3.63) is 0 Å². The average molecular weight is 350 g/mol. The van der Waals surface area contributed by atoms with Gasteiger partial charge in [-0.2, -0.15) is 8.42 Å².